The molecule has 47 heavy (non-hydrogen) atoms. The number of quaternary nitrogens is 1. The Morgan fingerprint density at radius 2 is 1.19 bits per heavy atom. The number of ether oxygens (including phenoxy) is 6. The highest BCUT2D eigenvalue weighted by Gasteiger charge is 2.28. The van der Waals surface area contributed by atoms with Crippen LogP contribution in [0.3, 0.4) is 0 Å². The highest BCUT2D eigenvalue weighted by atomic mass is 16.5. The molecule has 2 aliphatic rings. The van der Waals surface area contributed by atoms with Crippen LogP contribution in [0.1, 0.15) is 37.3 Å². The zero-order valence-electron chi connectivity index (χ0n) is 29.4. The normalized spacial score (nSPS) is 12.1. The number of rotatable bonds is 25. The molecule has 13 nitrogen and oxygen atoms in total. The molecule has 2 aliphatic heterocycles. The number of aryl methyl sites for hydroxylation is 3. The number of hydrogen-bond donors (Lipinski definition) is 0. The summed E-state index contributed by atoms with van der Waals surface area (Å²) in [6.45, 7) is 14.5. The Bertz CT molecular complexity index is 1410. The standard InChI is InChI=1S/C34H56N5O8/c1-7-8-10-37-30-26-28(3)27(2)25-29(30)35-31-32(37)36-34(41)38(33(31)40)11-9-12-39(13-16-45-22-19-42-4,14-17-46-23-20-43-5)15-18-47-24-21-44-6/h25-26H,7-24H2,1-6H3/q+1. The maximum Gasteiger partial charge on any atom is 0.352 e. The van der Waals surface area contributed by atoms with Crippen molar-refractivity contribution < 1.29 is 32.9 Å². The average Bonchev–Trinajstić information content (AvgIpc) is 3.05. The number of hydrogen-bond acceptors (Lipinski definition) is 10. The van der Waals surface area contributed by atoms with E-state index >= 15 is 0 Å². The van der Waals surface area contributed by atoms with Crippen molar-refractivity contribution in [3.05, 3.63) is 44.1 Å². The van der Waals surface area contributed by atoms with Crippen LogP contribution in [0.15, 0.2) is 21.7 Å². The van der Waals surface area contributed by atoms with Crippen molar-refractivity contribution in [1.82, 2.24) is 19.1 Å². The van der Waals surface area contributed by atoms with Crippen LogP contribution in [0.4, 0.5) is 0 Å². The molecule has 0 unspecified atom stereocenters. The second kappa shape index (κ2) is 20.6. The molecule has 0 N–H and O–H groups in total. The van der Waals surface area contributed by atoms with E-state index in [1.807, 2.05) is 17.6 Å². The third-order valence-electron chi connectivity index (χ3n) is 8.64. The molecule has 3 rings (SSSR count). The van der Waals surface area contributed by atoms with E-state index in [0.717, 1.165) is 35.0 Å². The van der Waals surface area contributed by atoms with E-state index in [0.29, 0.717) is 109 Å². The molecule has 0 atom stereocenters. The Labute approximate surface area is 278 Å². The lowest BCUT2D eigenvalue weighted by atomic mass is 10.1. The molecule has 0 aromatic heterocycles. The molecule has 13 heteroatoms. The molecule has 1 aromatic carbocycles. The van der Waals surface area contributed by atoms with E-state index in [1.54, 1.807) is 21.3 Å². The van der Waals surface area contributed by atoms with Crippen molar-refractivity contribution in [2.75, 3.05) is 107 Å². The van der Waals surface area contributed by atoms with Crippen molar-refractivity contribution in [3.8, 4) is 11.5 Å². The Balaban J connectivity index is 1.90. The Hall–Kier alpha value is -2.78. The zero-order chi connectivity index (χ0) is 34.1. The van der Waals surface area contributed by atoms with Gasteiger partial charge in [0.2, 0.25) is 0 Å². The maximum absolute atomic E-state index is 13.9. The summed E-state index contributed by atoms with van der Waals surface area (Å²) >= 11 is 0. The number of benzene rings is 1. The van der Waals surface area contributed by atoms with Gasteiger partial charge < -0.3 is 37.5 Å². The lowest BCUT2D eigenvalue weighted by molar-refractivity contribution is -0.929. The van der Waals surface area contributed by atoms with E-state index in [1.165, 1.54) is 4.57 Å². The molecule has 0 saturated heterocycles. The SMILES string of the molecule is CCCCn1c2nc(=O)n(CCC[N+](CCOCCOC)(CCOCCOC)CCOCCOC)c(=O)c-2nc2cc(C)c(C)cc21. The molecule has 0 spiro atoms. The summed E-state index contributed by atoms with van der Waals surface area (Å²) in [5.41, 5.74) is 3.10. The van der Waals surface area contributed by atoms with Gasteiger partial charge in [-0.15, -0.1) is 0 Å². The third-order valence-corrected chi connectivity index (χ3v) is 8.64. The fourth-order valence-corrected chi connectivity index (χ4v) is 5.61. The largest absolute Gasteiger partial charge is 0.382 e. The fraction of sp³-hybridized carbons (Fsp3) is 0.706. The molecule has 0 bridgehead atoms. The van der Waals surface area contributed by atoms with E-state index < -0.39 is 11.2 Å². The van der Waals surface area contributed by atoms with Gasteiger partial charge in [-0.2, -0.15) is 4.98 Å². The van der Waals surface area contributed by atoms with Crippen LogP contribution in [-0.4, -0.2) is 131 Å². The van der Waals surface area contributed by atoms with Gasteiger partial charge in [-0.05, 0) is 43.5 Å². The first kappa shape index (κ1) is 38.7. The van der Waals surface area contributed by atoms with Gasteiger partial charge in [0.25, 0.3) is 5.56 Å². The molecule has 1 aromatic rings. The number of aromatic nitrogens is 4. The minimum Gasteiger partial charge on any atom is -0.382 e. The lowest BCUT2D eigenvalue weighted by Gasteiger charge is -2.39. The molecule has 0 saturated carbocycles. The Morgan fingerprint density at radius 1 is 0.660 bits per heavy atom. The van der Waals surface area contributed by atoms with Gasteiger partial charge in [0.1, 0.15) is 19.6 Å². The van der Waals surface area contributed by atoms with Crippen molar-refractivity contribution in [3.63, 3.8) is 0 Å². The van der Waals surface area contributed by atoms with Crippen molar-refractivity contribution in [2.24, 2.45) is 0 Å². The third kappa shape index (κ3) is 11.4. The van der Waals surface area contributed by atoms with Crippen molar-refractivity contribution in [2.45, 2.75) is 53.1 Å². The lowest BCUT2D eigenvalue weighted by Crippen LogP contribution is -2.55. The van der Waals surface area contributed by atoms with Crippen molar-refractivity contribution >= 4 is 11.0 Å². The van der Waals surface area contributed by atoms with Gasteiger partial charge in [-0.25, -0.2) is 9.78 Å². The minimum atomic E-state index is -0.551. The maximum atomic E-state index is 13.9. The van der Waals surface area contributed by atoms with Crippen LogP contribution in [0.2, 0.25) is 0 Å². The molecule has 0 fully saturated rings. The number of nitrogens with zero attached hydrogens (tertiary/aromatic N) is 5. The van der Waals surface area contributed by atoms with Gasteiger partial charge in [0, 0.05) is 40.8 Å². The van der Waals surface area contributed by atoms with Crippen molar-refractivity contribution in [1.29, 1.82) is 0 Å². The minimum absolute atomic E-state index is 0.224. The molecule has 2 heterocycles. The van der Waals surface area contributed by atoms with Gasteiger partial charge >= 0.3 is 5.69 Å². The topological polar surface area (TPSA) is 125 Å². The molecular weight excluding hydrogens is 606 g/mol. The van der Waals surface area contributed by atoms with Crippen LogP contribution < -0.4 is 11.2 Å². The van der Waals surface area contributed by atoms with Crippen LogP contribution in [-0.2, 0) is 41.5 Å². The first-order chi connectivity index (χ1) is 22.8. The Morgan fingerprint density at radius 3 is 1.72 bits per heavy atom. The monoisotopic (exact) mass is 662 g/mol. The molecule has 264 valence electrons. The first-order valence-electron chi connectivity index (χ1n) is 16.8. The number of methoxy groups -OCH3 is 3. The summed E-state index contributed by atoms with van der Waals surface area (Å²) in [5.74, 6) is 0.347. The molecule has 0 radical (unpaired) electrons. The van der Waals surface area contributed by atoms with Gasteiger partial charge in [0.05, 0.1) is 77.0 Å². The quantitative estimate of drug-likeness (QED) is 0.0760. The van der Waals surface area contributed by atoms with Crippen LogP contribution >= 0.6 is 0 Å². The van der Waals surface area contributed by atoms with E-state index in [-0.39, 0.29) is 12.2 Å². The van der Waals surface area contributed by atoms with Crippen LogP contribution in [0.25, 0.3) is 22.6 Å². The van der Waals surface area contributed by atoms with Crippen LogP contribution in [0, 0.1) is 13.8 Å². The summed E-state index contributed by atoms with van der Waals surface area (Å²) in [6, 6.07) is 4.07. The highest BCUT2D eigenvalue weighted by molar-refractivity contribution is 5.81. The molecule has 0 amide bonds. The second-order valence-electron chi connectivity index (χ2n) is 12.0. The smallest absolute Gasteiger partial charge is 0.352 e. The van der Waals surface area contributed by atoms with Crippen LogP contribution in [0.5, 0.6) is 0 Å². The summed E-state index contributed by atoms with van der Waals surface area (Å²) in [7, 11) is 4.95. The van der Waals surface area contributed by atoms with Gasteiger partial charge in [0.15, 0.2) is 11.5 Å². The summed E-state index contributed by atoms with van der Waals surface area (Å²) in [6.07, 6.45) is 2.43. The van der Waals surface area contributed by atoms with Gasteiger partial charge in [-0.1, -0.05) is 13.3 Å². The zero-order valence-corrected chi connectivity index (χ0v) is 29.4. The summed E-state index contributed by atoms with van der Waals surface area (Å²) < 4.78 is 36.9. The summed E-state index contributed by atoms with van der Waals surface area (Å²) in [5, 5.41) is 0. The summed E-state index contributed by atoms with van der Waals surface area (Å²) in [4.78, 5) is 36.5. The Kier molecular flexibility index (Phi) is 16.9. The average molecular weight is 663 g/mol. The number of unbranched alkanes of at least 4 members (excludes halogenated alkanes) is 1. The number of fused-ring (bicyclic) bond motifs is 2. The molecular formula is C34H56N5O8+. The van der Waals surface area contributed by atoms with Gasteiger partial charge in [-0.3, -0.25) is 9.36 Å². The van der Waals surface area contributed by atoms with E-state index in [2.05, 4.69) is 24.9 Å². The second-order valence-corrected chi connectivity index (χ2v) is 12.0. The fourth-order valence-electron chi connectivity index (χ4n) is 5.61. The predicted molar refractivity (Wildman–Crippen MR) is 181 cm³/mol. The first-order valence-corrected chi connectivity index (χ1v) is 16.8. The molecule has 0 aliphatic carbocycles. The van der Waals surface area contributed by atoms with E-state index in [9.17, 15) is 9.59 Å². The van der Waals surface area contributed by atoms with E-state index in [4.69, 9.17) is 33.4 Å². The predicted octanol–water partition coefficient (Wildman–Crippen LogP) is 2.67. The highest BCUT2D eigenvalue weighted by Crippen LogP contribution is 2.24.